The van der Waals surface area contributed by atoms with Gasteiger partial charge in [-0.2, -0.15) is 4.98 Å². The van der Waals surface area contributed by atoms with E-state index in [4.69, 9.17) is 15.4 Å². The first-order valence-electron chi connectivity index (χ1n) is 8.07. The topological polar surface area (TPSA) is 305 Å². The van der Waals surface area contributed by atoms with E-state index >= 15 is 0 Å². The Morgan fingerprint density at radius 3 is 2.38 bits per heavy atom. The molecule has 0 saturated carbocycles. The minimum Gasteiger partial charge on any atom is -0.756 e. The van der Waals surface area contributed by atoms with Crippen molar-refractivity contribution in [2.24, 2.45) is 0 Å². The van der Waals surface area contributed by atoms with Crippen molar-refractivity contribution in [2.75, 3.05) is 12.3 Å². The number of nitrogens with zero attached hydrogens (tertiary/aromatic N) is 3. The largest absolute Gasteiger partial charge is 1.00 e. The number of phosphoric acid groups is 3. The van der Waals surface area contributed by atoms with Crippen molar-refractivity contribution in [1.29, 1.82) is 0 Å². The Hall–Kier alpha value is -0.365. The van der Waals surface area contributed by atoms with Crippen molar-refractivity contribution in [3.05, 3.63) is 16.7 Å². The minimum absolute atomic E-state index is 0. The number of nitrogens with one attached hydrogen (secondary N) is 1. The van der Waals surface area contributed by atoms with Gasteiger partial charge in [0.05, 0.1) is 12.9 Å². The summed E-state index contributed by atoms with van der Waals surface area (Å²) in [5.41, 5.74) is 4.45. The second-order valence-corrected chi connectivity index (χ2v) is 10.5. The van der Waals surface area contributed by atoms with Crippen LogP contribution in [0.3, 0.4) is 0 Å². The summed E-state index contributed by atoms with van der Waals surface area (Å²) in [4.78, 5) is 61.1. The Morgan fingerprint density at radius 1 is 1.18 bits per heavy atom. The third kappa shape index (κ3) is 7.57. The van der Waals surface area contributed by atoms with Crippen molar-refractivity contribution in [1.82, 2.24) is 19.5 Å². The summed E-state index contributed by atoms with van der Waals surface area (Å²) >= 11 is 0. The molecule has 0 radical (unpaired) electrons. The van der Waals surface area contributed by atoms with Gasteiger partial charge in [0.15, 0.2) is 17.4 Å². The smallest absolute Gasteiger partial charge is 0.756 e. The molecule has 3 heterocycles. The van der Waals surface area contributed by atoms with Crippen LogP contribution in [-0.2, 0) is 31.6 Å². The molecule has 0 aromatic carbocycles. The maximum Gasteiger partial charge on any atom is 1.00 e. The fourth-order valence-electron chi connectivity index (χ4n) is 2.68. The molecule has 0 bridgehead atoms. The quantitative estimate of drug-likeness (QED) is 0.103. The molecule has 0 aliphatic carbocycles. The molecule has 24 heteroatoms. The van der Waals surface area contributed by atoms with Crippen LogP contribution < -0.4 is 58.8 Å². The van der Waals surface area contributed by atoms with E-state index in [0.717, 1.165) is 10.9 Å². The number of aliphatic hydroxyl groups is 2. The number of aromatic amines is 1. The van der Waals surface area contributed by atoms with Gasteiger partial charge >= 0.3 is 45.5 Å². The molecule has 180 valence electrons. The van der Waals surface area contributed by atoms with Gasteiger partial charge in [-0.1, -0.05) is 0 Å². The molecule has 7 atom stereocenters. The van der Waals surface area contributed by atoms with Gasteiger partial charge in [0.1, 0.15) is 18.3 Å². The molecule has 2 aromatic heterocycles. The van der Waals surface area contributed by atoms with E-state index in [1.165, 1.54) is 0 Å². The molecule has 0 spiro atoms. The number of anilines is 1. The number of phosphoric ester groups is 1. The molecule has 34 heavy (non-hydrogen) atoms. The summed E-state index contributed by atoms with van der Waals surface area (Å²) in [6.07, 6.45) is -5.45. The Kier molecular flexibility index (Phi) is 10.6. The molecule has 1 saturated heterocycles. The summed E-state index contributed by atoms with van der Waals surface area (Å²) in [7, 11) is -17.5. The van der Waals surface area contributed by atoms with E-state index in [1.54, 1.807) is 0 Å². The third-order valence-electron chi connectivity index (χ3n) is 3.87. The summed E-state index contributed by atoms with van der Waals surface area (Å²) in [5, 5.41) is 20.4. The molecule has 0 amide bonds. The Bertz CT molecular complexity index is 1220. The molecule has 1 aliphatic heterocycles. The molecular weight excluding hydrogens is 526 g/mol. The molecule has 1 fully saturated rings. The zero-order chi connectivity index (χ0) is 24.1. The number of nitrogen functional groups attached to an aromatic ring is 1. The van der Waals surface area contributed by atoms with Crippen molar-refractivity contribution < 1.29 is 99.1 Å². The van der Waals surface area contributed by atoms with Gasteiger partial charge in [0.2, 0.25) is 5.95 Å². The van der Waals surface area contributed by atoms with E-state index < -0.39 is 60.2 Å². The number of ether oxygens (including phenoxy) is 1. The van der Waals surface area contributed by atoms with Gasteiger partial charge < -0.3 is 40.3 Å². The number of imidazole rings is 1. The van der Waals surface area contributed by atoms with Gasteiger partial charge in [-0.15, -0.1) is 0 Å². The second-order valence-electron chi connectivity index (χ2n) is 6.16. The molecule has 1 aliphatic rings. The molecule has 3 rings (SSSR count). The van der Waals surface area contributed by atoms with Crippen molar-refractivity contribution >= 4 is 40.6 Å². The average Bonchev–Trinajstić information content (AvgIpc) is 3.12. The van der Waals surface area contributed by atoms with Crippen molar-refractivity contribution in [3.63, 3.8) is 0 Å². The summed E-state index contributed by atoms with van der Waals surface area (Å²) < 4.78 is 50.8. The fourth-order valence-corrected chi connectivity index (χ4v) is 5.62. The number of nitrogens with two attached hydrogens (primary N) is 1. The van der Waals surface area contributed by atoms with E-state index in [9.17, 15) is 43.4 Å². The summed E-state index contributed by atoms with van der Waals surface area (Å²) in [5.74, 6) is -0.287. The van der Waals surface area contributed by atoms with E-state index in [2.05, 4.69) is 28.1 Å². The minimum atomic E-state index is -6.04. The number of H-pyrrole nitrogens is 1. The van der Waals surface area contributed by atoms with Gasteiger partial charge in [-0.25, -0.2) is 18.2 Å². The van der Waals surface area contributed by atoms with Crippen LogP contribution in [0, 0.1) is 0 Å². The predicted molar refractivity (Wildman–Crippen MR) is 93.9 cm³/mol. The average molecular weight is 540 g/mol. The SMILES string of the molecule is [15NH2]c1[15n]c2c([15n]c[15n]2[C@@H]2O[C@H](COP(=O)(O)OP(=O)([O-])OP(=O)([O-])O)[C@H](O)C2O)c(=O)[15nH]1.[Li+].[Li+]. The van der Waals surface area contributed by atoms with Gasteiger partial charge in [0.25, 0.3) is 21.2 Å². The van der Waals surface area contributed by atoms with Gasteiger partial charge in [-0.05, 0) is 0 Å². The normalized spacial score (nSPS) is 27.7. The number of hydrogen-bond acceptors (Lipinski definition) is 15. The molecule has 19 nitrogen and oxygen atoms in total. The third-order valence-corrected chi connectivity index (χ3v) is 7.60. The van der Waals surface area contributed by atoms with Crippen LogP contribution in [-0.4, -0.2) is 64.4 Å². The standard InChI is InChI=1S/C10H16N5O14P3.2Li/c11-10-13-7-4(8(18)14-10)12-2-15(7)9-6(17)5(16)3(27-9)1-26-31(22,23)29-32(24,25)28-30(19,20)21;;/h2-3,5-6,9,16-17H,1H2,(H,22,23)(H,24,25)(H2,19,20,21)(H3,11,13,14,18);;/q;2*+1/p-2/t3-,5+,6?,9-;;/m1../s1/i11+1,12+1,13+1,14+1,15+1;;. The molecule has 2 aromatic rings. The first-order chi connectivity index (χ1) is 14.6. The maximum atomic E-state index is 11.8. The second kappa shape index (κ2) is 11.4. The number of aliphatic hydroxyl groups excluding tert-OH is 2. The maximum absolute atomic E-state index is 11.8. The summed E-state index contributed by atoms with van der Waals surface area (Å²) in [6, 6.07) is 0. The molecule has 4 unspecified atom stereocenters. The van der Waals surface area contributed by atoms with Gasteiger partial charge in [-0.3, -0.25) is 28.0 Å². The van der Waals surface area contributed by atoms with Crippen LogP contribution in [0.5, 0.6) is 0 Å². The van der Waals surface area contributed by atoms with E-state index in [-0.39, 0.29) is 54.8 Å². The Labute approximate surface area is 212 Å². The van der Waals surface area contributed by atoms with Crippen LogP contribution in [0.4, 0.5) is 5.95 Å². The monoisotopic (exact) mass is 540 g/mol. The number of aromatic nitrogens is 4. The fraction of sp³-hybridized carbons (Fsp3) is 0.500. The zero-order valence-electron chi connectivity index (χ0n) is 17.2. The zero-order valence-corrected chi connectivity index (χ0v) is 19.9. The van der Waals surface area contributed by atoms with E-state index in [1.807, 2.05) is 0 Å². The van der Waals surface area contributed by atoms with Gasteiger partial charge in [0, 0.05) is 0 Å². The van der Waals surface area contributed by atoms with Crippen LogP contribution >= 0.6 is 23.5 Å². The summed E-state index contributed by atoms with van der Waals surface area (Å²) in [6.45, 7) is -1.06. The van der Waals surface area contributed by atoms with Crippen molar-refractivity contribution in [3.8, 4) is 0 Å². The molecular formula is C10H14Li2N5O14P3. The number of hydrogen-bond donors (Lipinski definition) is 6. The Balaban J connectivity index is 0.00000289. The first-order valence-corrected chi connectivity index (χ1v) is 12.5. The predicted octanol–water partition coefficient (Wildman–Crippen LogP) is -9.59. The Morgan fingerprint density at radius 2 is 1.79 bits per heavy atom. The van der Waals surface area contributed by atoms with Crippen molar-refractivity contribution in [2.45, 2.75) is 24.5 Å². The van der Waals surface area contributed by atoms with E-state index in [0.29, 0.717) is 0 Å². The van der Waals surface area contributed by atoms with Crippen LogP contribution in [0.1, 0.15) is 6.23 Å². The number of fused-ring (bicyclic) bond motifs is 1. The van der Waals surface area contributed by atoms with Crippen LogP contribution in [0.2, 0.25) is 0 Å². The van der Waals surface area contributed by atoms with Crippen LogP contribution in [0.25, 0.3) is 11.2 Å². The van der Waals surface area contributed by atoms with Crippen LogP contribution in [0.15, 0.2) is 11.1 Å². The number of rotatable bonds is 8. The molecule has 7 N–H and O–H groups in total. The first kappa shape index (κ1) is 31.7.